The van der Waals surface area contributed by atoms with Crippen molar-refractivity contribution in [2.45, 2.75) is 33.2 Å². The quantitative estimate of drug-likeness (QED) is 0.749. The Labute approximate surface area is 186 Å². The largest absolute Gasteiger partial charge is 0.339 e. The van der Waals surface area contributed by atoms with Gasteiger partial charge >= 0.3 is 0 Å². The lowest BCUT2D eigenvalue weighted by Gasteiger charge is -2.38. The van der Waals surface area contributed by atoms with Crippen LogP contribution in [0.15, 0.2) is 24.7 Å². The van der Waals surface area contributed by atoms with Crippen molar-refractivity contribution in [3.05, 3.63) is 24.7 Å². The molecule has 2 amide bonds. The molecule has 2 fully saturated rings. The maximum atomic E-state index is 12.9. The number of nitrogens with one attached hydrogen (secondary N) is 1. The summed E-state index contributed by atoms with van der Waals surface area (Å²) < 4.78 is 1.82. The van der Waals surface area contributed by atoms with Gasteiger partial charge in [0.15, 0.2) is 0 Å². The highest BCUT2D eigenvalue weighted by molar-refractivity contribution is 6.01. The van der Waals surface area contributed by atoms with Crippen molar-refractivity contribution in [1.82, 2.24) is 24.6 Å². The summed E-state index contributed by atoms with van der Waals surface area (Å²) >= 11 is 0. The summed E-state index contributed by atoms with van der Waals surface area (Å²) in [5.74, 6) is 0.598. The third-order valence-electron chi connectivity index (χ3n) is 6.00. The summed E-state index contributed by atoms with van der Waals surface area (Å²) in [7, 11) is 0. The van der Waals surface area contributed by atoms with Crippen LogP contribution < -0.4 is 10.2 Å². The first-order valence-corrected chi connectivity index (χ1v) is 9.97. The number of hydrogen-bond acceptors (Lipinski definition) is 7. The number of likely N-dealkylation sites (tertiary alicyclic amines) is 1. The fraction of sp³-hybridized carbons (Fsp3) is 0.500. The zero-order valence-electron chi connectivity index (χ0n) is 17.6. The molecule has 1 atom stereocenters. The lowest BCUT2D eigenvalue weighted by Crippen LogP contribution is -2.49. The van der Waals surface area contributed by atoms with Crippen LogP contribution in [0.3, 0.4) is 0 Å². The Morgan fingerprint density at radius 3 is 2.74 bits per heavy atom. The molecule has 2 aromatic heterocycles. The summed E-state index contributed by atoms with van der Waals surface area (Å²) in [4.78, 5) is 36.3. The van der Waals surface area contributed by atoms with Crippen LogP contribution in [0.2, 0.25) is 0 Å². The van der Waals surface area contributed by atoms with Crippen molar-refractivity contribution in [2.75, 3.05) is 29.9 Å². The molecule has 0 bridgehead atoms. The minimum atomic E-state index is -1.00. The van der Waals surface area contributed by atoms with E-state index in [9.17, 15) is 14.9 Å². The molecular formula is C20H25ClN8O2. The molecule has 4 heterocycles. The zero-order valence-corrected chi connectivity index (χ0v) is 18.5. The number of nitrogens with zero attached hydrogens (tertiary/aromatic N) is 7. The second-order valence-corrected chi connectivity index (χ2v) is 8.09. The number of nitriles is 1. The summed E-state index contributed by atoms with van der Waals surface area (Å²) in [6.45, 7) is 7.10. The Balaban J connectivity index is 0.00000272. The highest BCUT2D eigenvalue weighted by Crippen LogP contribution is 2.40. The number of anilines is 3. The SMILES string of the molecule is CC(=O)N1CC(n2cc(Nc3nccc(N4CC[C@@](C#N)(C(C)C)C4=O)n3)cn2)C1.Cl. The topological polar surface area (TPSA) is 120 Å². The first-order valence-electron chi connectivity index (χ1n) is 9.97. The van der Waals surface area contributed by atoms with Gasteiger partial charge in [-0.1, -0.05) is 13.8 Å². The highest BCUT2D eigenvalue weighted by Gasteiger charge is 2.50. The van der Waals surface area contributed by atoms with Gasteiger partial charge < -0.3 is 10.2 Å². The highest BCUT2D eigenvalue weighted by atomic mass is 35.5. The van der Waals surface area contributed by atoms with Crippen LogP contribution in [0.4, 0.5) is 17.5 Å². The summed E-state index contributed by atoms with van der Waals surface area (Å²) in [6.07, 6.45) is 5.59. The van der Waals surface area contributed by atoms with Crippen molar-refractivity contribution in [2.24, 2.45) is 11.3 Å². The Bertz CT molecular complexity index is 1030. The van der Waals surface area contributed by atoms with E-state index in [4.69, 9.17) is 0 Å². The van der Waals surface area contributed by atoms with Gasteiger partial charge in [-0.2, -0.15) is 15.3 Å². The van der Waals surface area contributed by atoms with Gasteiger partial charge in [-0.05, 0) is 18.4 Å². The molecule has 0 unspecified atom stereocenters. The van der Waals surface area contributed by atoms with Crippen molar-refractivity contribution >= 4 is 41.7 Å². The van der Waals surface area contributed by atoms with Gasteiger partial charge in [-0.25, -0.2) is 4.98 Å². The third kappa shape index (κ3) is 3.93. The van der Waals surface area contributed by atoms with E-state index in [-0.39, 0.29) is 36.2 Å². The first kappa shape index (κ1) is 22.5. The Morgan fingerprint density at radius 2 is 2.13 bits per heavy atom. The molecule has 2 saturated heterocycles. The van der Waals surface area contributed by atoms with Crippen LogP contribution in [0.1, 0.15) is 33.2 Å². The average Bonchev–Trinajstić information content (AvgIpc) is 3.25. The number of carbonyl (C=O) groups is 2. The van der Waals surface area contributed by atoms with E-state index in [1.807, 2.05) is 24.7 Å². The van der Waals surface area contributed by atoms with Gasteiger partial charge in [-0.3, -0.25) is 19.2 Å². The monoisotopic (exact) mass is 444 g/mol. The van der Waals surface area contributed by atoms with E-state index in [1.165, 1.54) is 0 Å². The minimum Gasteiger partial charge on any atom is -0.339 e. The van der Waals surface area contributed by atoms with Crippen LogP contribution >= 0.6 is 12.4 Å². The minimum absolute atomic E-state index is 0. The normalized spacial score (nSPS) is 20.9. The van der Waals surface area contributed by atoms with Gasteiger partial charge in [0, 0.05) is 39.0 Å². The average molecular weight is 445 g/mol. The van der Waals surface area contributed by atoms with E-state index in [1.54, 1.807) is 35.2 Å². The molecule has 164 valence electrons. The summed E-state index contributed by atoms with van der Waals surface area (Å²) in [6, 6.07) is 4.06. The number of halogens is 1. The Morgan fingerprint density at radius 1 is 1.39 bits per heavy atom. The molecule has 0 radical (unpaired) electrons. The Hall–Kier alpha value is -3.19. The van der Waals surface area contributed by atoms with Crippen LogP contribution in [-0.4, -0.2) is 56.1 Å². The van der Waals surface area contributed by atoms with Crippen molar-refractivity contribution in [1.29, 1.82) is 5.26 Å². The zero-order chi connectivity index (χ0) is 21.5. The molecule has 0 spiro atoms. The molecule has 0 aliphatic carbocycles. The number of carbonyl (C=O) groups excluding carboxylic acids is 2. The predicted molar refractivity (Wildman–Crippen MR) is 116 cm³/mol. The molecule has 10 nitrogen and oxygen atoms in total. The molecule has 0 aromatic carbocycles. The molecular weight excluding hydrogens is 420 g/mol. The van der Waals surface area contributed by atoms with E-state index in [2.05, 4.69) is 26.5 Å². The Kier molecular flexibility index (Phi) is 6.18. The van der Waals surface area contributed by atoms with E-state index < -0.39 is 5.41 Å². The molecule has 2 aromatic rings. The smallest absolute Gasteiger partial charge is 0.248 e. The molecule has 11 heteroatoms. The van der Waals surface area contributed by atoms with Gasteiger partial charge in [0.25, 0.3) is 0 Å². The van der Waals surface area contributed by atoms with Crippen LogP contribution in [0.25, 0.3) is 0 Å². The van der Waals surface area contributed by atoms with Crippen LogP contribution in [0.5, 0.6) is 0 Å². The van der Waals surface area contributed by atoms with Crippen molar-refractivity contribution < 1.29 is 9.59 Å². The van der Waals surface area contributed by atoms with Gasteiger partial charge in [-0.15, -0.1) is 12.4 Å². The summed E-state index contributed by atoms with van der Waals surface area (Å²) in [5.41, 5.74) is -0.286. The fourth-order valence-electron chi connectivity index (χ4n) is 3.90. The molecule has 1 N–H and O–H groups in total. The molecule has 4 rings (SSSR count). The number of rotatable bonds is 5. The fourth-order valence-corrected chi connectivity index (χ4v) is 3.90. The second kappa shape index (κ2) is 8.51. The molecule has 31 heavy (non-hydrogen) atoms. The first-order chi connectivity index (χ1) is 14.3. The second-order valence-electron chi connectivity index (χ2n) is 8.09. The van der Waals surface area contributed by atoms with Crippen LogP contribution in [0, 0.1) is 22.7 Å². The number of aromatic nitrogens is 4. The maximum absolute atomic E-state index is 12.9. The van der Waals surface area contributed by atoms with Crippen LogP contribution in [-0.2, 0) is 9.59 Å². The van der Waals surface area contributed by atoms with E-state index >= 15 is 0 Å². The lowest BCUT2D eigenvalue weighted by atomic mass is 9.77. The summed E-state index contributed by atoms with van der Waals surface area (Å²) in [5, 5.41) is 17.1. The van der Waals surface area contributed by atoms with E-state index in [0.29, 0.717) is 37.8 Å². The van der Waals surface area contributed by atoms with Gasteiger partial charge in [0.2, 0.25) is 17.8 Å². The molecule has 2 aliphatic rings. The number of amides is 2. The maximum Gasteiger partial charge on any atom is 0.248 e. The molecule has 2 aliphatic heterocycles. The van der Waals surface area contributed by atoms with E-state index in [0.717, 1.165) is 5.69 Å². The third-order valence-corrected chi connectivity index (χ3v) is 6.00. The lowest BCUT2D eigenvalue weighted by molar-refractivity contribution is -0.134. The predicted octanol–water partition coefficient (Wildman–Crippen LogP) is 2.14. The van der Waals surface area contributed by atoms with Crippen molar-refractivity contribution in [3.63, 3.8) is 0 Å². The number of hydrogen-bond donors (Lipinski definition) is 1. The van der Waals surface area contributed by atoms with Crippen molar-refractivity contribution in [3.8, 4) is 6.07 Å². The van der Waals surface area contributed by atoms with Gasteiger partial charge in [0.05, 0.1) is 24.0 Å². The molecule has 0 saturated carbocycles. The van der Waals surface area contributed by atoms with Gasteiger partial charge in [0.1, 0.15) is 11.2 Å². The standard InChI is InChI=1S/C20H24N8O2.ClH/c1-13(2)20(12-21)5-7-27(18(20)30)17-4-6-22-19(25-17)24-15-8-23-28(9-15)16-10-26(11-16)14(3)29;/h4,6,8-9,13,16H,5,7,10-11H2,1-3H3,(H,22,24,25);1H/t20-;/m1./s1.